The van der Waals surface area contributed by atoms with Gasteiger partial charge in [0.25, 0.3) is 0 Å². The van der Waals surface area contributed by atoms with Crippen LogP contribution < -0.4 is 5.32 Å². The van der Waals surface area contributed by atoms with Gasteiger partial charge in [0, 0.05) is 38.2 Å². The molecule has 1 fully saturated rings. The number of carbonyl (C=O) groups is 1. The molecule has 8 nitrogen and oxygen atoms in total. The summed E-state index contributed by atoms with van der Waals surface area (Å²) in [5, 5.41) is 3.01. The van der Waals surface area contributed by atoms with Crippen LogP contribution in [0.5, 0.6) is 0 Å². The predicted molar refractivity (Wildman–Crippen MR) is 137 cm³/mol. The number of morpholine rings is 1. The third kappa shape index (κ3) is 5.74. The molecule has 3 aromatic rings. The summed E-state index contributed by atoms with van der Waals surface area (Å²) in [6, 6.07) is 11.1. The molecule has 1 saturated heterocycles. The van der Waals surface area contributed by atoms with E-state index in [1.165, 1.54) is 4.31 Å². The number of fused-ring (bicyclic) bond motifs is 1. The number of carbonyl (C=O) groups excluding carboxylic acids is 1. The Hall–Kier alpha value is -2.75. The molecule has 0 atom stereocenters. The quantitative estimate of drug-likeness (QED) is 0.481. The number of rotatable bonds is 9. The van der Waals surface area contributed by atoms with Gasteiger partial charge >= 0.3 is 0 Å². The summed E-state index contributed by atoms with van der Waals surface area (Å²) in [5.41, 5.74) is 4.47. The number of nitrogens with one attached hydrogen (secondary N) is 1. The largest absolute Gasteiger partial charge is 0.379 e. The lowest BCUT2D eigenvalue weighted by molar-refractivity contribution is -0.116. The molecule has 0 radical (unpaired) electrons. The predicted octanol–water partition coefficient (Wildman–Crippen LogP) is 4.05. The number of imidazole rings is 1. The summed E-state index contributed by atoms with van der Waals surface area (Å²) < 4.78 is 35.1. The molecule has 0 spiro atoms. The zero-order valence-electron chi connectivity index (χ0n) is 20.7. The molecule has 0 saturated carbocycles. The molecule has 1 aromatic heterocycles. The van der Waals surface area contributed by atoms with Gasteiger partial charge in [-0.1, -0.05) is 25.5 Å². The molecule has 1 amide bonds. The first-order chi connectivity index (χ1) is 16.8. The third-order valence-electron chi connectivity index (χ3n) is 6.38. The Morgan fingerprint density at radius 3 is 2.63 bits per heavy atom. The smallest absolute Gasteiger partial charge is 0.243 e. The van der Waals surface area contributed by atoms with E-state index >= 15 is 0 Å². The second kappa shape index (κ2) is 10.9. The fraction of sp³-hybridized carbons (Fsp3) is 0.462. The highest BCUT2D eigenvalue weighted by Gasteiger charge is 2.27. The van der Waals surface area contributed by atoms with E-state index in [4.69, 9.17) is 9.72 Å². The Balaban J connectivity index is 1.56. The number of aryl methyl sites for hydroxylation is 4. The number of nitrogens with zero attached hydrogens (tertiary/aromatic N) is 3. The molecular weight excluding hydrogens is 464 g/mol. The molecule has 1 aliphatic rings. The van der Waals surface area contributed by atoms with Crippen LogP contribution in [0, 0.1) is 13.8 Å². The van der Waals surface area contributed by atoms with E-state index in [0.29, 0.717) is 44.7 Å². The minimum atomic E-state index is -3.60. The van der Waals surface area contributed by atoms with Crippen LogP contribution in [0.15, 0.2) is 41.3 Å². The Kier molecular flexibility index (Phi) is 7.88. The summed E-state index contributed by atoms with van der Waals surface area (Å²) in [4.78, 5) is 17.7. The molecule has 4 rings (SSSR count). The van der Waals surface area contributed by atoms with E-state index in [1.54, 1.807) is 12.1 Å². The van der Waals surface area contributed by atoms with E-state index in [9.17, 15) is 13.2 Å². The Labute approximate surface area is 207 Å². The number of unbranched alkanes of at least 4 members (excludes halogenated alkanes) is 1. The first-order valence-corrected chi connectivity index (χ1v) is 13.7. The molecule has 35 heavy (non-hydrogen) atoms. The molecule has 1 N–H and O–H groups in total. The summed E-state index contributed by atoms with van der Waals surface area (Å²) >= 11 is 0. The number of sulfonamides is 1. The number of hydrogen-bond acceptors (Lipinski definition) is 5. The van der Waals surface area contributed by atoms with E-state index in [1.807, 2.05) is 38.1 Å². The number of amides is 1. The van der Waals surface area contributed by atoms with Gasteiger partial charge in [0.2, 0.25) is 15.9 Å². The second-order valence-electron chi connectivity index (χ2n) is 9.07. The number of anilines is 1. The summed E-state index contributed by atoms with van der Waals surface area (Å²) in [5.74, 6) is 0.730. The average Bonchev–Trinajstić information content (AvgIpc) is 3.20. The summed E-state index contributed by atoms with van der Waals surface area (Å²) in [7, 11) is -3.60. The lowest BCUT2D eigenvalue weighted by Gasteiger charge is -2.26. The van der Waals surface area contributed by atoms with E-state index in [2.05, 4.69) is 16.8 Å². The number of benzene rings is 2. The van der Waals surface area contributed by atoms with Crippen molar-refractivity contribution < 1.29 is 17.9 Å². The van der Waals surface area contributed by atoms with Crippen molar-refractivity contribution in [3.8, 4) is 0 Å². The molecule has 1 aliphatic heterocycles. The van der Waals surface area contributed by atoms with Crippen molar-refractivity contribution in [1.82, 2.24) is 13.9 Å². The Morgan fingerprint density at radius 2 is 1.89 bits per heavy atom. The van der Waals surface area contributed by atoms with Crippen LogP contribution in [0.3, 0.4) is 0 Å². The molecule has 9 heteroatoms. The van der Waals surface area contributed by atoms with Gasteiger partial charge in [0.15, 0.2) is 0 Å². The van der Waals surface area contributed by atoms with Crippen LogP contribution in [0.1, 0.15) is 43.1 Å². The summed E-state index contributed by atoms with van der Waals surface area (Å²) in [6.07, 6.45) is 2.76. The van der Waals surface area contributed by atoms with Crippen molar-refractivity contribution in [1.29, 1.82) is 0 Å². The van der Waals surface area contributed by atoms with Gasteiger partial charge in [-0.15, -0.1) is 0 Å². The lowest BCUT2D eigenvalue weighted by atomic mass is 10.1. The highest BCUT2D eigenvalue weighted by molar-refractivity contribution is 7.89. The average molecular weight is 499 g/mol. The van der Waals surface area contributed by atoms with Crippen LogP contribution in [-0.4, -0.2) is 54.5 Å². The topological polar surface area (TPSA) is 93.5 Å². The normalized spacial score (nSPS) is 14.9. The first kappa shape index (κ1) is 25.3. The van der Waals surface area contributed by atoms with Gasteiger partial charge in [0.1, 0.15) is 5.82 Å². The van der Waals surface area contributed by atoms with Gasteiger partial charge in [0.05, 0.1) is 29.1 Å². The molecule has 188 valence electrons. The maximum atomic E-state index is 13.1. The number of hydrogen-bond donors (Lipinski definition) is 1. The minimum Gasteiger partial charge on any atom is -0.379 e. The third-order valence-corrected chi connectivity index (χ3v) is 8.28. The monoisotopic (exact) mass is 498 g/mol. The van der Waals surface area contributed by atoms with Crippen molar-refractivity contribution in [3.63, 3.8) is 0 Å². The van der Waals surface area contributed by atoms with E-state index in [0.717, 1.165) is 47.5 Å². The van der Waals surface area contributed by atoms with Crippen molar-refractivity contribution in [2.45, 2.75) is 57.9 Å². The van der Waals surface area contributed by atoms with Crippen molar-refractivity contribution in [3.05, 3.63) is 53.3 Å². The van der Waals surface area contributed by atoms with E-state index in [-0.39, 0.29) is 10.8 Å². The zero-order valence-corrected chi connectivity index (χ0v) is 21.5. The first-order valence-electron chi connectivity index (χ1n) is 12.2. The van der Waals surface area contributed by atoms with Crippen LogP contribution in [0.25, 0.3) is 11.0 Å². The van der Waals surface area contributed by atoms with Gasteiger partial charge in [-0.05, 0) is 55.7 Å². The Bertz CT molecular complexity index is 1310. The van der Waals surface area contributed by atoms with Gasteiger partial charge < -0.3 is 14.6 Å². The Morgan fingerprint density at radius 1 is 1.11 bits per heavy atom. The molecule has 0 unspecified atom stereocenters. The second-order valence-corrected chi connectivity index (χ2v) is 11.0. The number of ether oxygens (including phenoxy) is 1. The molecule has 0 bridgehead atoms. The number of aromatic nitrogens is 2. The van der Waals surface area contributed by atoms with Crippen molar-refractivity contribution in [2.24, 2.45) is 0 Å². The molecule has 2 aromatic carbocycles. The van der Waals surface area contributed by atoms with Crippen molar-refractivity contribution in [2.75, 3.05) is 31.6 Å². The van der Waals surface area contributed by atoms with Crippen LogP contribution in [0.4, 0.5) is 5.69 Å². The fourth-order valence-electron chi connectivity index (χ4n) is 4.32. The SMILES string of the molecule is CCCCn1c(CCC(=O)Nc2cc(C)ccc2C)nc2cc(S(=O)(=O)N3CCOCC3)ccc21. The standard InChI is InChI=1S/C26H34N4O4S/c1-4-5-12-30-24-9-8-21(35(32,33)29-13-15-34-16-14-29)18-23(24)27-25(30)10-11-26(31)28-22-17-19(2)6-7-20(22)3/h6-9,17-18H,4-5,10-16H2,1-3H3,(H,28,31). The van der Waals surface area contributed by atoms with Crippen LogP contribution >= 0.6 is 0 Å². The highest BCUT2D eigenvalue weighted by Crippen LogP contribution is 2.25. The molecule has 0 aliphatic carbocycles. The lowest BCUT2D eigenvalue weighted by Crippen LogP contribution is -2.40. The van der Waals surface area contributed by atoms with Gasteiger partial charge in [-0.2, -0.15) is 4.31 Å². The highest BCUT2D eigenvalue weighted by atomic mass is 32.2. The maximum absolute atomic E-state index is 13.1. The van der Waals surface area contributed by atoms with E-state index < -0.39 is 10.0 Å². The zero-order chi connectivity index (χ0) is 25.0. The minimum absolute atomic E-state index is 0.0663. The van der Waals surface area contributed by atoms with Crippen LogP contribution in [-0.2, 0) is 32.5 Å². The van der Waals surface area contributed by atoms with Crippen LogP contribution in [0.2, 0.25) is 0 Å². The van der Waals surface area contributed by atoms with Gasteiger partial charge in [-0.3, -0.25) is 4.79 Å². The maximum Gasteiger partial charge on any atom is 0.243 e. The molecular formula is C26H34N4O4S. The van der Waals surface area contributed by atoms with Crippen molar-refractivity contribution >= 4 is 32.7 Å². The van der Waals surface area contributed by atoms with Gasteiger partial charge in [-0.25, -0.2) is 13.4 Å². The summed E-state index contributed by atoms with van der Waals surface area (Å²) in [6.45, 7) is 8.39. The molecule has 2 heterocycles. The fourth-order valence-corrected chi connectivity index (χ4v) is 5.75.